The second-order valence-corrected chi connectivity index (χ2v) is 7.81. The number of fused-ring (bicyclic) bond motifs is 2. The number of carbonyl (C=O) groups excluding carboxylic acids is 1. The van der Waals surface area contributed by atoms with Gasteiger partial charge in [0.15, 0.2) is 5.75 Å². The van der Waals surface area contributed by atoms with Crippen LogP contribution in [0.3, 0.4) is 0 Å². The van der Waals surface area contributed by atoms with Gasteiger partial charge in [0.25, 0.3) is 0 Å². The number of rotatable bonds is 2. The van der Waals surface area contributed by atoms with Crippen molar-refractivity contribution in [3.05, 3.63) is 65.7 Å². The molecule has 4 rings (SSSR count). The van der Waals surface area contributed by atoms with Gasteiger partial charge in [-0.2, -0.15) is 0 Å². The molecule has 0 saturated carbocycles. The highest BCUT2D eigenvalue weighted by atomic mass is 16.5. The van der Waals surface area contributed by atoms with Crippen LogP contribution in [-0.2, 0) is 0 Å². The molecule has 1 saturated heterocycles. The van der Waals surface area contributed by atoms with E-state index in [-0.39, 0.29) is 6.03 Å². The number of nitrogens with one attached hydrogen (secondary N) is 1. The Kier molecular flexibility index (Phi) is 5.74. The first-order valence-electron chi connectivity index (χ1n) is 10.4. The third-order valence-electron chi connectivity index (χ3n) is 5.42. The number of urea groups is 1. The monoisotopic (exact) mass is 404 g/mol. The lowest BCUT2D eigenvalue weighted by atomic mass is 10.1. The van der Waals surface area contributed by atoms with Gasteiger partial charge in [0.05, 0.1) is 5.56 Å². The Morgan fingerprint density at radius 1 is 1.10 bits per heavy atom. The first-order chi connectivity index (χ1) is 14.5. The van der Waals surface area contributed by atoms with Gasteiger partial charge < -0.3 is 19.9 Å². The molecule has 30 heavy (non-hydrogen) atoms. The van der Waals surface area contributed by atoms with Crippen molar-refractivity contribution in [1.29, 1.82) is 0 Å². The SMILES string of the molecule is C=CCNC(=O)N1CCCN(C2=Nc3ccc(C)cc3Oc3ccc(C)cc32)CC1. The van der Waals surface area contributed by atoms with Crippen molar-refractivity contribution in [1.82, 2.24) is 15.1 Å². The fraction of sp³-hybridized carbons (Fsp3) is 0.333. The number of amides is 2. The van der Waals surface area contributed by atoms with Gasteiger partial charge in [-0.25, -0.2) is 9.79 Å². The van der Waals surface area contributed by atoms with Gasteiger partial charge >= 0.3 is 6.03 Å². The Hall–Kier alpha value is -3.28. The number of aliphatic imine (C=N–C) groups is 1. The molecular formula is C24H28N4O2. The Morgan fingerprint density at radius 2 is 1.90 bits per heavy atom. The van der Waals surface area contributed by atoms with Crippen LogP contribution >= 0.6 is 0 Å². The first kappa shape index (κ1) is 20.0. The Bertz CT molecular complexity index is 999. The minimum atomic E-state index is -0.0417. The molecule has 0 aliphatic carbocycles. The van der Waals surface area contributed by atoms with E-state index >= 15 is 0 Å². The maximum absolute atomic E-state index is 12.4. The molecule has 1 fully saturated rings. The minimum Gasteiger partial charge on any atom is -0.454 e. The van der Waals surface area contributed by atoms with Crippen molar-refractivity contribution in [2.45, 2.75) is 20.3 Å². The maximum atomic E-state index is 12.4. The Balaban J connectivity index is 1.66. The zero-order valence-corrected chi connectivity index (χ0v) is 17.6. The third-order valence-corrected chi connectivity index (χ3v) is 5.42. The molecule has 2 heterocycles. The average Bonchev–Trinajstić information content (AvgIpc) is 3.06. The molecule has 0 aromatic heterocycles. The van der Waals surface area contributed by atoms with Crippen molar-refractivity contribution >= 4 is 17.6 Å². The molecule has 6 heteroatoms. The van der Waals surface area contributed by atoms with Crippen LogP contribution in [0.5, 0.6) is 11.5 Å². The van der Waals surface area contributed by atoms with Crippen LogP contribution in [0.1, 0.15) is 23.1 Å². The number of carbonyl (C=O) groups is 1. The Morgan fingerprint density at radius 3 is 2.73 bits per heavy atom. The average molecular weight is 405 g/mol. The molecule has 156 valence electrons. The van der Waals surface area contributed by atoms with Crippen LogP contribution in [0, 0.1) is 13.8 Å². The summed E-state index contributed by atoms with van der Waals surface area (Å²) in [5, 5.41) is 2.88. The topological polar surface area (TPSA) is 57.2 Å². The number of hydrogen-bond acceptors (Lipinski definition) is 4. The second-order valence-electron chi connectivity index (χ2n) is 7.81. The van der Waals surface area contributed by atoms with Crippen molar-refractivity contribution < 1.29 is 9.53 Å². The van der Waals surface area contributed by atoms with Gasteiger partial charge in [0, 0.05) is 32.7 Å². The molecule has 0 spiro atoms. The fourth-order valence-corrected chi connectivity index (χ4v) is 3.84. The largest absolute Gasteiger partial charge is 0.454 e. The minimum absolute atomic E-state index is 0.0417. The molecule has 0 unspecified atom stereocenters. The van der Waals surface area contributed by atoms with E-state index in [1.807, 2.05) is 23.1 Å². The number of hydrogen-bond donors (Lipinski definition) is 1. The summed E-state index contributed by atoms with van der Waals surface area (Å²) in [5.74, 6) is 2.49. The van der Waals surface area contributed by atoms with Gasteiger partial charge in [0.2, 0.25) is 0 Å². The zero-order valence-electron chi connectivity index (χ0n) is 17.6. The van der Waals surface area contributed by atoms with Crippen molar-refractivity contribution in [2.75, 3.05) is 32.7 Å². The maximum Gasteiger partial charge on any atom is 0.317 e. The summed E-state index contributed by atoms with van der Waals surface area (Å²) in [5.41, 5.74) is 4.12. The van der Waals surface area contributed by atoms with Gasteiger partial charge in [-0.1, -0.05) is 23.8 Å². The summed E-state index contributed by atoms with van der Waals surface area (Å²) < 4.78 is 6.27. The third kappa shape index (κ3) is 4.17. The van der Waals surface area contributed by atoms with E-state index in [9.17, 15) is 4.79 Å². The summed E-state index contributed by atoms with van der Waals surface area (Å²) in [4.78, 5) is 21.6. The molecule has 6 nitrogen and oxygen atoms in total. The summed E-state index contributed by atoms with van der Waals surface area (Å²) in [7, 11) is 0. The van der Waals surface area contributed by atoms with E-state index in [1.54, 1.807) is 6.08 Å². The molecule has 2 amide bonds. The van der Waals surface area contributed by atoms with E-state index < -0.39 is 0 Å². The van der Waals surface area contributed by atoms with Crippen molar-refractivity contribution in [3.8, 4) is 11.5 Å². The summed E-state index contributed by atoms with van der Waals surface area (Å²) >= 11 is 0. The number of ether oxygens (including phenoxy) is 1. The molecule has 2 aliphatic heterocycles. The van der Waals surface area contributed by atoms with Crippen LogP contribution in [0.2, 0.25) is 0 Å². The van der Waals surface area contributed by atoms with Crippen LogP contribution in [0.25, 0.3) is 0 Å². The molecule has 2 aliphatic rings. The summed E-state index contributed by atoms with van der Waals surface area (Å²) in [6, 6.07) is 12.3. The second kappa shape index (κ2) is 8.61. The predicted molar refractivity (Wildman–Crippen MR) is 120 cm³/mol. The van der Waals surface area contributed by atoms with Gasteiger partial charge in [0.1, 0.15) is 17.3 Å². The van der Waals surface area contributed by atoms with E-state index in [0.717, 1.165) is 65.8 Å². The predicted octanol–water partition coefficient (Wildman–Crippen LogP) is 4.39. The quantitative estimate of drug-likeness (QED) is 0.755. The number of nitrogens with zero attached hydrogens (tertiary/aromatic N) is 3. The summed E-state index contributed by atoms with van der Waals surface area (Å²) in [6.07, 6.45) is 2.57. The molecule has 1 N–H and O–H groups in total. The Labute approximate surface area is 177 Å². The lowest BCUT2D eigenvalue weighted by Gasteiger charge is -2.25. The van der Waals surface area contributed by atoms with Gasteiger partial charge in [-0.15, -0.1) is 6.58 Å². The zero-order chi connectivity index (χ0) is 21.1. The first-order valence-corrected chi connectivity index (χ1v) is 10.4. The van der Waals surface area contributed by atoms with Crippen molar-refractivity contribution in [3.63, 3.8) is 0 Å². The van der Waals surface area contributed by atoms with E-state index in [1.165, 1.54) is 0 Å². The molecule has 0 bridgehead atoms. The molecule has 2 aromatic rings. The lowest BCUT2D eigenvalue weighted by molar-refractivity contribution is 0.201. The lowest BCUT2D eigenvalue weighted by Crippen LogP contribution is -2.42. The highest BCUT2D eigenvalue weighted by Gasteiger charge is 2.26. The van der Waals surface area contributed by atoms with Crippen LogP contribution in [0.15, 0.2) is 54.0 Å². The van der Waals surface area contributed by atoms with E-state index in [0.29, 0.717) is 13.1 Å². The van der Waals surface area contributed by atoms with E-state index in [4.69, 9.17) is 9.73 Å². The van der Waals surface area contributed by atoms with Crippen LogP contribution in [-0.4, -0.2) is 54.4 Å². The molecule has 0 atom stereocenters. The number of aryl methyl sites for hydroxylation is 2. The standard InChI is InChI=1S/C24H28N4O2/c1-4-10-25-24(29)28-12-5-11-27(13-14-28)23-19-15-17(2)7-9-21(19)30-22-16-18(3)6-8-20(22)26-23/h4,6-9,15-16H,1,5,10-14H2,2-3H3,(H,25,29). The van der Waals surface area contributed by atoms with E-state index in [2.05, 4.69) is 48.8 Å². The smallest absolute Gasteiger partial charge is 0.317 e. The number of amidine groups is 1. The van der Waals surface area contributed by atoms with Crippen LogP contribution in [0.4, 0.5) is 10.5 Å². The van der Waals surface area contributed by atoms with Crippen molar-refractivity contribution in [2.24, 2.45) is 4.99 Å². The van der Waals surface area contributed by atoms with Gasteiger partial charge in [-0.05, 0) is 50.1 Å². The normalized spacial score (nSPS) is 15.7. The summed E-state index contributed by atoms with van der Waals surface area (Å²) in [6.45, 7) is 11.2. The highest BCUT2D eigenvalue weighted by molar-refractivity contribution is 6.04. The number of benzene rings is 2. The molecule has 0 radical (unpaired) electrons. The fourth-order valence-electron chi connectivity index (χ4n) is 3.84. The van der Waals surface area contributed by atoms with Crippen LogP contribution < -0.4 is 10.1 Å². The molecular weight excluding hydrogens is 376 g/mol. The van der Waals surface area contributed by atoms with Gasteiger partial charge in [-0.3, -0.25) is 0 Å². The highest BCUT2D eigenvalue weighted by Crippen LogP contribution is 2.39. The molecule has 2 aromatic carbocycles.